The van der Waals surface area contributed by atoms with Crippen molar-refractivity contribution in [1.82, 2.24) is 9.97 Å². The van der Waals surface area contributed by atoms with E-state index >= 15 is 0 Å². The Bertz CT molecular complexity index is 1290. The average Bonchev–Trinajstić information content (AvgIpc) is 2.75. The highest BCUT2D eigenvalue weighted by molar-refractivity contribution is 5.88. The average molecular weight is 379 g/mol. The lowest BCUT2D eigenvalue weighted by Gasteiger charge is -2.04. The Morgan fingerprint density at radius 3 is 2.66 bits per heavy atom. The van der Waals surface area contributed by atoms with Crippen LogP contribution < -0.4 is 15.3 Å². The van der Waals surface area contributed by atoms with Crippen LogP contribution >= 0.6 is 0 Å². The van der Waals surface area contributed by atoms with Gasteiger partial charge in [-0.3, -0.25) is 9.98 Å². The molecule has 6 nitrogen and oxygen atoms in total. The lowest BCUT2D eigenvalue weighted by Crippen LogP contribution is -2.23. The first-order valence-corrected chi connectivity index (χ1v) is 8.99. The van der Waals surface area contributed by atoms with Crippen molar-refractivity contribution in [2.45, 2.75) is 0 Å². The molecule has 0 N–H and O–H groups in total. The first kappa shape index (κ1) is 18.2. The third-order valence-corrected chi connectivity index (χ3v) is 3.98. The van der Waals surface area contributed by atoms with Crippen molar-refractivity contribution < 1.29 is 4.74 Å². The number of para-hydroxylation sites is 1. The molecule has 2 heterocycles. The summed E-state index contributed by atoms with van der Waals surface area (Å²) in [6.45, 7) is 0. The maximum Gasteiger partial charge on any atom is 0.163 e. The number of nitrogens with zero attached hydrogens (tertiary/aromatic N) is 5. The highest BCUT2D eigenvalue weighted by atomic mass is 16.5. The molecule has 0 fully saturated rings. The first-order chi connectivity index (χ1) is 14.4. The molecule has 1 aromatic heterocycles. The normalized spacial score (nSPS) is 21.5. The summed E-state index contributed by atoms with van der Waals surface area (Å²) in [5.41, 5.74) is 0.792. The number of aromatic nitrogens is 2. The molecule has 3 aromatic rings. The quantitative estimate of drug-likeness (QED) is 0.601. The third-order valence-electron chi connectivity index (χ3n) is 3.98. The van der Waals surface area contributed by atoms with Crippen LogP contribution in [0.15, 0.2) is 101 Å². The molecular weight excluding hydrogens is 362 g/mol. The van der Waals surface area contributed by atoms with E-state index in [1.807, 2.05) is 42.5 Å². The third kappa shape index (κ3) is 4.75. The fourth-order valence-corrected chi connectivity index (χ4v) is 2.63. The molecule has 1 aliphatic rings. The second kappa shape index (κ2) is 9.14. The number of allylic oxidation sites excluding steroid dienone is 4. The predicted octanol–water partition coefficient (Wildman–Crippen LogP) is 3.44. The summed E-state index contributed by atoms with van der Waals surface area (Å²) >= 11 is 0. The highest BCUT2D eigenvalue weighted by Gasteiger charge is 2.04. The molecule has 0 unspecified atom stereocenters. The number of hydrogen-bond acceptors (Lipinski definition) is 6. The van der Waals surface area contributed by atoms with E-state index in [0.29, 0.717) is 11.6 Å². The Hall–Kier alpha value is -4.19. The number of fused-ring (bicyclic) bond motifs is 2. The molecule has 29 heavy (non-hydrogen) atoms. The number of benzene rings is 2. The van der Waals surface area contributed by atoms with Gasteiger partial charge in [0.2, 0.25) is 0 Å². The van der Waals surface area contributed by atoms with Crippen LogP contribution in [0.1, 0.15) is 0 Å². The fourth-order valence-electron chi connectivity index (χ4n) is 2.63. The summed E-state index contributed by atoms with van der Waals surface area (Å²) in [4.78, 5) is 21.9. The van der Waals surface area contributed by atoms with E-state index in [2.05, 4.69) is 20.0 Å². The monoisotopic (exact) mass is 379 g/mol. The summed E-state index contributed by atoms with van der Waals surface area (Å²) in [5, 5.41) is 2.45. The van der Waals surface area contributed by atoms with Gasteiger partial charge in [0.1, 0.15) is 12.1 Å². The highest BCUT2D eigenvalue weighted by Crippen LogP contribution is 2.25. The van der Waals surface area contributed by atoms with Crippen LogP contribution in [-0.4, -0.2) is 22.4 Å². The van der Waals surface area contributed by atoms with Crippen LogP contribution in [0, 0.1) is 0 Å². The van der Waals surface area contributed by atoms with Crippen molar-refractivity contribution in [3.05, 3.63) is 96.1 Å². The van der Waals surface area contributed by atoms with Gasteiger partial charge in [-0.1, -0.05) is 18.2 Å². The topological polar surface area (TPSA) is 72.1 Å². The van der Waals surface area contributed by atoms with Gasteiger partial charge < -0.3 is 4.74 Å². The van der Waals surface area contributed by atoms with Crippen molar-refractivity contribution in [3.63, 3.8) is 0 Å². The smallest absolute Gasteiger partial charge is 0.163 e. The largest absolute Gasteiger partial charge is 0.465 e. The summed E-state index contributed by atoms with van der Waals surface area (Å²) in [5.74, 6) is 1.24. The second-order valence-electron chi connectivity index (χ2n) is 5.95. The van der Waals surface area contributed by atoms with Gasteiger partial charge in [-0.25, -0.2) is 15.0 Å². The maximum absolute atomic E-state index is 5.68. The molecule has 0 amide bonds. The molecule has 0 atom stereocenters. The molecule has 0 aliphatic carbocycles. The first-order valence-electron chi connectivity index (χ1n) is 8.99. The lowest BCUT2D eigenvalue weighted by molar-refractivity contribution is 0.482. The molecule has 6 heteroatoms. The van der Waals surface area contributed by atoms with Gasteiger partial charge in [0.05, 0.1) is 17.1 Å². The van der Waals surface area contributed by atoms with E-state index in [9.17, 15) is 0 Å². The molecule has 4 rings (SSSR count). The van der Waals surface area contributed by atoms with Gasteiger partial charge >= 0.3 is 0 Å². The number of ether oxygens (including phenoxy) is 1. The van der Waals surface area contributed by atoms with E-state index in [1.165, 1.54) is 6.33 Å². The Kier molecular flexibility index (Phi) is 5.73. The molecule has 0 radical (unpaired) electrons. The van der Waals surface area contributed by atoms with Crippen LogP contribution in [0.3, 0.4) is 0 Å². The molecule has 0 saturated heterocycles. The Balaban J connectivity index is 1.90. The number of hydrogen-bond donors (Lipinski definition) is 0. The summed E-state index contributed by atoms with van der Waals surface area (Å²) in [7, 11) is 0. The molecule has 0 spiro atoms. The fraction of sp³-hybridized carbons (Fsp3) is 0. The minimum absolute atomic E-state index is 0.570. The van der Waals surface area contributed by atoms with Crippen molar-refractivity contribution in [1.29, 1.82) is 0 Å². The number of aliphatic imine (C=N–C) groups is 2. The van der Waals surface area contributed by atoms with Crippen molar-refractivity contribution >= 4 is 35.3 Å². The van der Waals surface area contributed by atoms with E-state index in [4.69, 9.17) is 9.73 Å². The van der Waals surface area contributed by atoms with E-state index in [-0.39, 0.29) is 0 Å². The number of rotatable bonds is 0. The zero-order chi connectivity index (χ0) is 19.7. The van der Waals surface area contributed by atoms with Crippen LogP contribution in [0.25, 0.3) is 17.1 Å². The molecule has 1 aliphatic heterocycles. The van der Waals surface area contributed by atoms with Gasteiger partial charge in [-0.2, -0.15) is 0 Å². The van der Waals surface area contributed by atoms with Crippen molar-refractivity contribution in [3.8, 4) is 5.75 Å². The van der Waals surface area contributed by atoms with Gasteiger partial charge in [0.25, 0.3) is 0 Å². The summed E-state index contributed by atoms with van der Waals surface area (Å²) in [6.07, 6.45) is 17.1. The standard InChI is InChI=1S/C23H17N5O/c1-2-8-21-18(7-1)16-25-13-4-3-11-24-12-5-6-14-29-19-9-10-22-20(15-19)23(28-21)27-17-26-22/h1-17H/b4-3-,12-5+,14-6-,18-16-,24-11+,25-13-,28-21+. The molecule has 0 saturated carbocycles. The van der Waals surface area contributed by atoms with Gasteiger partial charge in [0.15, 0.2) is 5.82 Å². The van der Waals surface area contributed by atoms with Gasteiger partial charge in [-0.15, -0.1) is 0 Å². The van der Waals surface area contributed by atoms with E-state index in [0.717, 1.165) is 21.5 Å². The zero-order valence-corrected chi connectivity index (χ0v) is 15.5. The van der Waals surface area contributed by atoms with E-state index in [1.54, 1.807) is 55.4 Å². The second-order valence-corrected chi connectivity index (χ2v) is 5.95. The minimum Gasteiger partial charge on any atom is -0.465 e. The molecule has 2 bridgehead atoms. The Morgan fingerprint density at radius 1 is 0.793 bits per heavy atom. The molecule has 2 aromatic carbocycles. The summed E-state index contributed by atoms with van der Waals surface area (Å²) in [6, 6.07) is 13.4. The van der Waals surface area contributed by atoms with Crippen LogP contribution in [0.4, 0.5) is 5.82 Å². The zero-order valence-electron chi connectivity index (χ0n) is 15.5. The molecule has 140 valence electrons. The summed E-state index contributed by atoms with van der Waals surface area (Å²) < 4.78 is 5.68. The van der Waals surface area contributed by atoms with Crippen LogP contribution in [0.5, 0.6) is 5.75 Å². The predicted molar refractivity (Wildman–Crippen MR) is 116 cm³/mol. The maximum atomic E-state index is 5.68. The van der Waals surface area contributed by atoms with E-state index < -0.39 is 0 Å². The van der Waals surface area contributed by atoms with Crippen molar-refractivity contribution in [2.24, 2.45) is 15.0 Å². The Morgan fingerprint density at radius 2 is 1.69 bits per heavy atom. The van der Waals surface area contributed by atoms with Gasteiger partial charge in [-0.05, 0) is 48.6 Å². The van der Waals surface area contributed by atoms with Gasteiger partial charge in [0, 0.05) is 35.4 Å². The lowest BCUT2D eigenvalue weighted by atomic mass is 10.2. The van der Waals surface area contributed by atoms with Crippen LogP contribution in [0.2, 0.25) is 0 Å². The SMILES string of the molecule is C1=C\C=N\C=C\C=C/Oc2ccc3ncnc(c3c2)/N=c2\cccc\c2=C\N=C/1. The minimum atomic E-state index is 0.570. The Labute approximate surface area is 167 Å². The molecular formula is C23H17N5O. The van der Waals surface area contributed by atoms with Crippen molar-refractivity contribution in [2.75, 3.05) is 0 Å². The van der Waals surface area contributed by atoms with Crippen LogP contribution in [-0.2, 0) is 0 Å².